The number of carbonyl (C=O) groups is 3. The second-order valence-electron chi connectivity index (χ2n) is 3.41. The Morgan fingerprint density at radius 2 is 2.26 bits per heavy atom. The van der Waals surface area contributed by atoms with E-state index in [0.717, 1.165) is 23.4 Å². The molecule has 0 aromatic carbocycles. The molecule has 0 aliphatic carbocycles. The molecule has 0 bridgehead atoms. The van der Waals surface area contributed by atoms with Crippen molar-refractivity contribution in [1.29, 1.82) is 0 Å². The van der Waals surface area contributed by atoms with E-state index in [0.29, 0.717) is 0 Å². The van der Waals surface area contributed by atoms with Crippen LogP contribution in [-0.2, 0) is 4.79 Å². The molecule has 1 aliphatic rings. The van der Waals surface area contributed by atoms with Gasteiger partial charge < -0.3 is 4.42 Å². The Morgan fingerprint density at radius 1 is 1.53 bits per heavy atom. The fourth-order valence-electron chi connectivity index (χ4n) is 1.27. The lowest BCUT2D eigenvalue weighted by atomic mass is 10.3. The van der Waals surface area contributed by atoms with Crippen LogP contribution >= 0.6 is 0 Å². The molecular formula is C9H6N4O6. The van der Waals surface area contributed by atoms with Crippen LogP contribution < -0.4 is 5.32 Å². The largest absolute Gasteiger partial charge is 0.433 e. The first-order valence-electron chi connectivity index (χ1n) is 4.91. The van der Waals surface area contributed by atoms with E-state index in [1.165, 1.54) is 0 Å². The quantitative estimate of drug-likeness (QED) is 0.266. The predicted molar refractivity (Wildman–Crippen MR) is 58.4 cm³/mol. The number of nitrogens with zero attached hydrogens (tertiary/aromatic N) is 3. The van der Waals surface area contributed by atoms with E-state index in [1.54, 1.807) is 0 Å². The summed E-state index contributed by atoms with van der Waals surface area (Å²) in [4.78, 5) is 43.0. The van der Waals surface area contributed by atoms with E-state index < -0.39 is 28.5 Å². The lowest BCUT2D eigenvalue weighted by Crippen LogP contribution is -2.24. The van der Waals surface area contributed by atoms with Gasteiger partial charge in [0.2, 0.25) is 11.7 Å². The van der Waals surface area contributed by atoms with Crippen molar-refractivity contribution in [2.75, 3.05) is 6.54 Å². The third kappa shape index (κ3) is 2.62. The molecule has 1 aliphatic heterocycles. The van der Waals surface area contributed by atoms with Crippen LogP contribution in [0.15, 0.2) is 21.7 Å². The van der Waals surface area contributed by atoms with Crippen molar-refractivity contribution in [2.45, 2.75) is 0 Å². The Bertz CT molecular complexity index is 604. The van der Waals surface area contributed by atoms with Crippen molar-refractivity contribution < 1.29 is 23.7 Å². The maximum absolute atomic E-state index is 11.5. The van der Waals surface area contributed by atoms with Gasteiger partial charge in [0, 0.05) is 0 Å². The number of nitro groups is 1. The van der Waals surface area contributed by atoms with Crippen LogP contribution in [0.1, 0.15) is 10.6 Å². The van der Waals surface area contributed by atoms with Gasteiger partial charge in [0.25, 0.3) is 0 Å². The van der Waals surface area contributed by atoms with Gasteiger partial charge in [-0.25, -0.2) is 9.80 Å². The first-order chi connectivity index (χ1) is 8.97. The van der Waals surface area contributed by atoms with E-state index in [-0.39, 0.29) is 12.3 Å². The number of hydrazone groups is 1. The first kappa shape index (κ1) is 12.4. The van der Waals surface area contributed by atoms with Gasteiger partial charge in [0.1, 0.15) is 11.5 Å². The number of hydrogen-bond acceptors (Lipinski definition) is 7. The van der Waals surface area contributed by atoms with Gasteiger partial charge >= 0.3 is 11.9 Å². The lowest BCUT2D eigenvalue weighted by Gasteiger charge is -2.02. The fourth-order valence-corrected chi connectivity index (χ4v) is 1.27. The van der Waals surface area contributed by atoms with E-state index >= 15 is 0 Å². The molecule has 10 heteroatoms. The van der Waals surface area contributed by atoms with Gasteiger partial charge in [-0.15, -0.1) is 0 Å². The highest BCUT2D eigenvalue weighted by Gasteiger charge is 2.26. The van der Waals surface area contributed by atoms with Crippen molar-refractivity contribution in [3.63, 3.8) is 0 Å². The van der Waals surface area contributed by atoms with Gasteiger partial charge in [0.15, 0.2) is 5.76 Å². The van der Waals surface area contributed by atoms with Crippen molar-refractivity contribution in [3.8, 4) is 0 Å². The van der Waals surface area contributed by atoms with Crippen molar-refractivity contribution in [2.24, 2.45) is 5.10 Å². The Balaban J connectivity index is 2.06. The first-order valence-corrected chi connectivity index (χ1v) is 4.91. The number of furan rings is 1. The minimum atomic E-state index is -0.791. The number of hydrogen-bond donors (Lipinski definition) is 1. The minimum absolute atomic E-state index is 0.290. The van der Waals surface area contributed by atoms with E-state index in [9.17, 15) is 24.5 Å². The third-order valence-corrected chi connectivity index (χ3v) is 2.10. The number of ketones is 1. The van der Waals surface area contributed by atoms with Crippen LogP contribution in [0.25, 0.3) is 0 Å². The highest BCUT2D eigenvalue weighted by atomic mass is 16.6. The van der Waals surface area contributed by atoms with Crippen LogP contribution in [0.5, 0.6) is 0 Å². The topological polar surface area (TPSA) is 135 Å². The van der Waals surface area contributed by atoms with Crippen molar-refractivity contribution >= 4 is 29.8 Å². The van der Waals surface area contributed by atoms with Crippen LogP contribution in [-0.4, -0.2) is 40.4 Å². The van der Waals surface area contributed by atoms with Crippen LogP contribution in [0.3, 0.4) is 0 Å². The standard InChI is InChI=1S/C9H6N4O6/c14-5(6-1-2-8(19-6)13(17)18)3-10-12-4-7(15)11-9(12)16/h1-3H,4H2,(H,11,15,16)/b10-3+. The third-order valence-electron chi connectivity index (χ3n) is 2.10. The number of urea groups is 1. The molecule has 10 nitrogen and oxygen atoms in total. The average molecular weight is 266 g/mol. The van der Waals surface area contributed by atoms with E-state index in [4.69, 9.17) is 0 Å². The molecule has 0 unspecified atom stereocenters. The number of Topliss-reactive ketones (excluding diaryl/α,β-unsaturated/α-hetero) is 1. The summed E-state index contributed by atoms with van der Waals surface area (Å²) in [6.07, 6.45) is 0.737. The van der Waals surface area contributed by atoms with Crippen molar-refractivity contribution in [1.82, 2.24) is 10.3 Å². The zero-order valence-corrected chi connectivity index (χ0v) is 9.23. The minimum Gasteiger partial charge on any atom is -0.397 e. The summed E-state index contributed by atoms with van der Waals surface area (Å²) in [7, 11) is 0. The lowest BCUT2D eigenvalue weighted by molar-refractivity contribution is -0.402. The fraction of sp³-hybridized carbons (Fsp3) is 0.111. The predicted octanol–water partition coefficient (Wildman–Crippen LogP) is -0.0919. The molecule has 0 atom stereocenters. The molecule has 2 rings (SSSR count). The Kier molecular flexibility index (Phi) is 3.06. The normalized spacial score (nSPS) is 15.1. The van der Waals surface area contributed by atoms with E-state index in [1.807, 2.05) is 5.32 Å². The zero-order valence-electron chi connectivity index (χ0n) is 9.23. The second kappa shape index (κ2) is 4.68. The molecule has 19 heavy (non-hydrogen) atoms. The number of imide groups is 1. The Morgan fingerprint density at radius 3 is 2.79 bits per heavy atom. The van der Waals surface area contributed by atoms with Crippen molar-refractivity contribution in [3.05, 3.63) is 28.0 Å². The zero-order chi connectivity index (χ0) is 14.0. The molecule has 1 saturated heterocycles. The highest BCUT2D eigenvalue weighted by Crippen LogP contribution is 2.15. The van der Waals surface area contributed by atoms with Crippen LogP contribution in [0, 0.1) is 10.1 Å². The molecule has 1 N–H and O–H groups in total. The van der Waals surface area contributed by atoms with Gasteiger partial charge in [-0.2, -0.15) is 5.10 Å². The highest BCUT2D eigenvalue weighted by molar-refractivity contribution is 6.34. The number of nitrogens with one attached hydrogen (secondary N) is 1. The maximum Gasteiger partial charge on any atom is 0.433 e. The number of amides is 3. The molecule has 0 spiro atoms. The monoisotopic (exact) mass is 266 g/mol. The average Bonchev–Trinajstić information content (AvgIpc) is 2.93. The summed E-state index contributed by atoms with van der Waals surface area (Å²) in [6, 6.07) is 1.38. The van der Waals surface area contributed by atoms with Gasteiger partial charge in [-0.1, -0.05) is 0 Å². The molecule has 2 heterocycles. The molecular weight excluding hydrogens is 260 g/mol. The van der Waals surface area contributed by atoms with Gasteiger partial charge in [-0.3, -0.25) is 25.0 Å². The second-order valence-corrected chi connectivity index (χ2v) is 3.41. The number of carbonyl (C=O) groups excluding carboxylic acids is 3. The van der Waals surface area contributed by atoms with Gasteiger partial charge in [-0.05, 0) is 6.07 Å². The molecule has 98 valence electrons. The maximum atomic E-state index is 11.5. The summed E-state index contributed by atoms with van der Waals surface area (Å²) >= 11 is 0. The van der Waals surface area contributed by atoms with E-state index in [2.05, 4.69) is 9.52 Å². The van der Waals surface area contributed by atoms with Crippen LogP contribution in [0.4, 0.5) is 10.7 Å². The summed E-state index contributed by atoms with van der Waals surface area (Å²) in [6.45, 7) is -0.291. The smallest absolute Gasteiger partial charge is 0.397 e. The molecule has 1 aromatic rings. The molecule has 0 radical (unpaired) electrons. The summed E-state index contributed by atoms with van der Waals surface area (Å²) in [5.74, 6) is -2.17. The molecule has 3 amide bonds. The number of rotatable bonds is 4. The Hall–Kier alpha value is -3.04. The molecule has 1 aromatic heterocycles. The van der Waals surface area contributed by atoms with Gasteiger partial charge in [0.05, 0.1) is 12.3 Å². The SMILES string of the molecule is O=C1CN(/N=C/C(=O)c2ccc([N+](=O)[O-])o2)C(=O)N1. The Labute approximate surface area is 104 Å². The molecule has 1 fully saturated rings. The summed E-state index contributed by atoms with van der Waals surface area (Å²) in [5.41, 5.74) is 0. The molecule has 0 saturated carbocycles. The van der Waals surface area contributed by atoms with Crippen LogP contribution in [0.2, 0.25) is 0 Å². The summed E-state index contributed by atoms with van der Waals surface area (Å²) < 4.78 is 4.64. The summed E-state index contributed by atoms with van der Waals surface area (Å²) in [5, 5.41) is 16.5.